The van der Waals surface area contributed by atoms with Gasteiger partial charge < -0.3 is 10.1 Å². The van der Waals surface area contributed by atoms with Crippen molar-refractivity contribution in [3.05, 3.63) is 58.4 Å². The Morgan fingerprint density at radius 3 is 2.52 bits per heavy atom. The van der Waals surface area contributed by atoms with Crippen molar-refractivity contribution in [1.29, 1.82) is 0 Å². The van der Waals surface area contributed by atoms with E-state index in [0.717, 1.165) is 17.7 Å². The summed E-state index contributed by atoms with van der Waals surface area (Å²) in [5, 5.41) is 2.71. The first-order valence-corrected chi connectivity index (χ1v) is 7.04. The van der Waals surface area contributed by atoms with Crippen molar-refractivity contribution >= 4 is 23.2 Å². The van der Waals surface area contributed by atoms with Gasteiger partial charge in [-0.25, -0.2) is 13.2 Å². The first-order chi connectivity index (χ1) is 10.8. The second-order valence-electron chi connectivity index (χ2n) is 4.88. The van der Waals surface area contributed by atoms with Gasteiger partial charge in [0.1, 0.15) is 5.75 Å². The van der Waals surface area contributed by atoms with Crippen molar-refractivity contribution in [2.45, 2.75) is 20.0 Å². The average molecular weight is 344 g/mol. The zero-order chi connectivity index (χ0) is 17.1. The van der Waals surface area contributed by atoms with Gasteiger partial charge in [-0.3, -0.25) is 4.79 Å². The van der Waals surface area contributed by atoms with Gasteiger partial charge in [0, 0.05) is 5.02 Å². The van der Waals surface area contributed by atoms with Crippen LogP contribution in [0.2, 0.25) is 5.02 Å². The zero-order valence-corrected chi connectivity index (χ0v) is 13.0. The molecule has 0 bridgehead atoms. The molecule has 0 unspecified atom stereocenters. The van der Waals surface area contributed by atoms with Gasteiger partial charge in [0.2, 0.25) is 0 Å². The Labute approximate surface area is 136 Å². The largest absolute Gasteiger partial charge is 0.481 e. The van der Waals surface area contributed by atoms with Gasteiger partial charge >= 0.3 is 0 Å². The molecule has 0 heterocycles. The van der Waals surface area contributed by atoms with Crippen LogP contribution in [0, 0.1) is 24.4 Å². The van der Waals surface area contributed by atoms with Crippen LogP contribution in [-0.2, 0) is 4.79 Å². The predicted octanol–water partition coefficient (Wildman–Crippen LogP) is 4.47. The maximum atomic E-state index is 13.5. The van der Waals surface area contributed by atoms with Crippen LogP contribution in [0.3, 0.4) is 0 Å². The van der Waals surface area contributed by atoms with Crippen LogP contribution >= 0.6 is 11.6 Å². The van der Waals surface area contributed by atoms with Gasteiger partial charge in [0.05, 0.1) is 5.69 Å². The minimum Gasteiger partial charge on any atom is -0.481 e. The summed E-state index contributed by atoms with van der Waals surface area (Å²) in [4.78, 5) is 12.0. The summed E-state index contributed by atoms with van der Waals surface area (Å²) in [5.74, 6) is -4.75. The molecule has 0 spiro atoms. The van der Waals surface area contributed by atoms with Gasteiger partial charge in [-0.1, -0.05) is 11.6 Å². The maximum absolute atomic E-state index is 13.5. The molecule has 2 aromatic rings. The van der Waals surface area contributed by atoms with Crippen LogP contribution in [0.5, 0.6) is 5.75 Å². The van der Waals surface area contributed by atoms with Gasteiger partial charge in [0.25, 0.3) is 5.91 Å². The molecule has 0 saturated heterocycles. The summed E-state index contributed by atoms with van der Waals surface area (Å²) in [6, 6.07) is 6.50. The normalized spacial score (nSPS) is 11.9. The predicted molar refractivity (Wildman–Crippen MR) is 81.2 cm³/mol. The fraction of sp³-hybridized carbons (Fsp3) is 0.188. The van der Waals surface area contributed by atoms with Crippen LogP contribution in [-0.4, -0.2) is 12.0 Å². The van der Waals surface area contributed by atoms with Gasteiger partial charge in [-0.15, -0.1) is 0 Å². The quantitative estimate of drug-likeness (QED) is 0.832. The van der Waals surface area contributed by atoms with Crippen LogP contribution in [0.15, 0.2) is 30.3 Å². The number of carbonyl (C=O) groups excluding carboxylic acids is 1. The fourth-order valence-electron chi connectivity index (χ4n) is 1.80. The van der Waals surface area contributed by atoms with Crippen LogP contribution < -0.4 is 10.1 Å². The molecular weight excluding hydrogens is 331 g/mol. The third kappa shape index (κ3) is 3.96. The molecule has 0 saturated carbocycles. The Hall–Kier alpha value is -2.21. The van der Waals surface area contributed by atoms with Gasteiger partial charge in [-0.2, -0.15) is 0 Å². The molecule has 1 amide bonds. The molecule has 122 valence electrons. The topological polar surface area (TPSA) is 38.3 Å². The van der Waals surface area contributed by atoms with E-state index in [9.17, 15) is 18.0 Å². The summed E-state index contributed by atoms with van der Waals surface area (Å²) in [7, 11) is 0. The Bertz CT molecular complexity index is 752. The number of aryl methyl sites for hydroxylation is 1. The molecule has 0 radical (unpaired) electrons. The monoisotopic (exact) mass is 343 g/mol. The standard InChI is InChI=1S/C16H13ClF3NO2/c1-8-7-10(3-4-11(8)17)23-9(2)16(22)21-13-6-5-12(18)14(19)15(13)20/h3-7,9H,1-2H3,(H,21,22)/t9-/m1/s1. The highest BCUT2D eigenvalue weighted by Crippen LogP contribution is 2.23. The number of hydrogen-bond acceptors (Lipinski definition) is 2. The number of rotatable bonds is 4. The highest BCUT2D eigenvalue weighted by molar-refractivity contribution is 6.31. The molecule has 0 aliphatic heterocycles. The van der Waals surface area contributed by atoms with Crippen molar-refractivity contribution < 1.29 is 22.7 Å². The van der Waals surface area contributed by atoms with Crippen molar-refractivity contribution in [2.75, 3.05) is 5.32 Å². The smallest absolute Gasteiger partial charge is 0.265 e. The van der Waals surface area contributed by atoms with Crippen molar-refractivity contribution in [1.82, 2.24) is 0 Å². The molecule has 0 aromatic heterocycles. The molecule has 7 heteroatoms. The van der Waals surface area contributed by atoms with E-state index in [1.54, 1.807) is 25.1 Å². The lowest BCUT2D eigenvalue weighted by molar-refractivity contribution is -0.122. The van der Waals surface area contributed by atoms with Gasteiger partial charge in [-0.05, 0) is 49.7 Å². The van der Waals surface area contributed by atoms with E-state index in [4.69, 9.17) is 16.3 Å². The SMILES string of the molecule is Cc1cc(O[C@H](C)C(=O)Nc2ccc(F)c(F)c2F)ccc1Cl. The zero-order valence-electron chi connectivity index (χ0n) is 12.3. The van der Waals surface area contributed by atoms with Crippen LogP contribution in [0.25, 0.3) is 0 Å². The lowest BCUT2D eigenvalue weighted by Crippen LogP contribution is -2.30. The first-order valence-electron chi connectivity index (χ1n) is 6.66. The minimum absolute atomic E-state index is 0.403. The molecule has 23 heavy (non-hydrogen) atoms. The highest BCUT2D eigenvalue weighted by Gasteiger charge is 2.19. The Kier molecular flexibility index (Phi) is 5.15. The Morgan fingerprint density at radius 2 is 1.87 bits per heavy atom. The van der Waals surface area contributed by atoms with Crippen molar-refractivity contribution in [3.8, 4) is 5.75 Å². The third-order valence-corrected chi connectivity index (χ3v) is 3.53. The molecule has 0 aliphatic rings. The van der Waals surface area contributed by atoms with E-state index in [1.807, 2.05) is 0 Å². The molecule has 1 N–H and O–H groups in total. The van der Waals surface area contributed by atoms with E-state index in [-0.39, 0.29) is 0 Å². The number of benzene rings is 2. The minimum atomic E-state index is -1.65. The van der Waals surface area contributed by atoms with E-state index in [0.29, 0.717) is 10.8 Å². The molecular formula is C16H13ClF3NO2. The summed E-state index contributed by atoms with van der Waals surface area (Å²) in [5.41, 5.74) is 0.306. The van der Waals surface area contributed by atoms with Crippen LogP contribution in [0.1, 0.15) is 12.5 Å². The molecule has 2 aromatic carbocycles. The second-order valence-corrected chi connectivity index (χ2v) is 5.29. The summed E-state index contributed by atoms with van der Waals surface area (Å²) in [6.07, 6.45) is -0.983. The molecule has 2 rings (SSSR count). The lowest BCUT2D eigenvalue weighted by atomic mass is 10.2. The summed E-state index contributed by atoms with van der Waals surface area (Å²) in [6.45, 7) is 3.22. The van der Waals surface area contributed by atoms with Gasteiger partial charge in [0.15, 0.2) is 23.6 Å². The fourth-order valence-corrected chi connectivity index (χ4v) is 1.92. The van der Waals surface area contributed by atoms with E-state index in [2.05, 4.69) is 5.32 Å². The highest BCUT2D eigenvalue weighted by atomic mass is 35.5. The molecule has 0 fully saturated rings. The summed E-state index contributed by atoms with van der Waals surface area (Å²) < 4.78 is 44.9. The second kappa shape index (κ2) is 6.91. The van der Waals surface area contributed by atoms with E-state index < -0.39 is 35.2 Å². The van der Waals surface area contributed by atoms with Crippen LogP contribution in [0.4, 0.5) is 18.9 Å². The average Bonchev–Trinajstić information content (AvgIpc) is 2.51. The Morgan fingerprint density at radius 1 is 1.17 bits per heavy atom. The number of halogens is 4. The molecule has 3 nitrogen and oxygen atoms in total. The number of anilines is 1. The van der Waals surface area contributed by atoms with E-state index in [1.165, 1.54) is 6.92 Å². The maximum Gasteiger partial charge on any atom is 0.265 e. The number of hydrogen-bond donors (Lipinski definition) is 1. The molecule has 1 atom stereocenters. The van der Waals surface area contributed by atoms with Crippen molar-refractivity contribution in [2.24, 2.45) is 0 Å². The first kappa shape index (κ1) is 17.1. The summed E-state index contributed by atoms with van der Waals surface area (Å²) >= 11 is 5.89. The third-order valence-electron chi connectivity index (χ3n) is 3.10. The lowest BCUT2D eigenvalue weighted by Gasteiger charge is -2.16. The number of carbonyl (C=O) groups is 1. The number of amides is 1. The van der Waals surface area contributed by atoms with E-state index >= 15 is 0 Å². The number of ether oxygens (including phenoxy) is 1. The Balaban J connectivity index is 2.08. The molecule has 0 aliphatic carbocycles. The number of nitrogens with one attached hydrogen (secondary N) is 1. The van der Waals surface area contributed by atoms with Crippen molar-refractivity contribution in [3.63, 3.8) is 0 Å².